The number of aliphatic hydroxyl groups is 1. The van der Waals surface area contributed by atoms with Crippen LogP contribution in [0.5, 0.6) is 0 Å². The number of fused-ring (bicyclic) bond motifs is 2. The smallest absolute Gasteiger partial charge is 0.0764 e. The summed E-state index contributed by atoms with van der Waals surface area (Å²) in [6.45, 7) is 0. The molecule has 0 fully saturated rings. The molecule has 1 aromatic rings. The van der Waals surface area contributed by atoms with Gasteiger partial charge in [-0.2, -0.15) is 0 Å². The lowest BCUT2D eigenvalue weighted by atomic mass is 9.90. The molecule has 1 atom stereocenters. The molecule has 1 aliphatic heterocycles. The molecule has 1 unspecified atom stereocenters. The van der Waals surface area contributed by atoms with E-state index in [1.165, 1.54) is 21.6 Å². The zero-order valence-corrected chi connectivity index (χ0v) is 9.58. The summed E-state index contributed by atoms with van der Waals surface area (Å²) in [7, 11) is 0. The van der Waals surface area contributed by atoms with E-state index in [1.54, 1.807) is 11.8 Å². The highest BCUT2D eigenvalue weighted by molar-refractivity contribution is 8.02. The summed E-state index contributed by atoms with van der Waals surface area (Å²) < 4.78 is 0. The van der Waals surface area contributed by atoms with Crippen LogP contribution < -0.4 is 0 Å². The van der Waals surface area contributed by atoms with Gasteiger partial charge in [0, 0.05) is 11.3 Å². The van der Waals surface area contributed by atoms with Crippen molar-refractivity contribution in [2.75, 3.05) is 0 Å². The third-order valence-electron chi connectivity index (χ3n) is 2.91. The second-order valence-electron chi connectivity index (χ2n) is 3.98. The fourth-order valence-electron chi connectivity index (χ4n) is 2.13. The molecular formula is C14H12OS. The van der Waals surface area contributed by atoms with Crippen molar-refractivity contribution in [3.05, 3.63) is 59.0 Å². The Hall–Kier alpha value is -1.25. The Balaban J connectivity index is 2.19. The Morgan fingerprint density at radius 3 is 3.00 bits per heavy atom. The molecule has 0 saturated heterocycles. The lowest BCUT2D eigenvalue weighted by molar-refractivity contribution is 0.228. The maximum Gasteiger partial charge on any atom is 0.0764 e. The monoisotopic (exact) mass is 228 g/mol. The van der Waals surface area contributed by atoms with Gasteiger partial charge >= 0.3 is 0 Å². The molecule has 1 nitrogen and oxygen atoms in total. The highest BCUT2D eigenvalue weighted by atomic mass is 32.2. The van der Waals surface area contributed by atoms with Crippen LogP contribution in [0.15, 0.2) is 58.4 Å². The first kappa shape index (κ1) is 9.94. The summed E-state index contributed by atoms with van der Waals surface area (Å²) in [5.41, 5.74) is 3.74. The van der Waals surface area contributed by atoms with Gasteiger partial charge in [0.2, 0.25) is 0 Å². The highest BCUT2D eigenvalue weighted by Crippen LogP contribution is 2.38. The lowest BCUT2D eigenvalue weighted by Crippen LogP contribution is -2.08. The van der Waals surface area contributed by atoms with Gasteiger partial charge in [-0.15, -0.1) is 0 Å². The molecule has 16 heavy (non-hydrogen) atoms. The van der Waals surface area contributed by atoms with Crippen molar-refractivity contribution in [3.63, 3.8) is 0 Å². The second-order valence-corrected chi connectivity index (χ2v) is 4.93. The van der Waals surface area contributed by atoms with Gasteiger partial charge in [-0.1, -0.05) is 42.1 Å². The average molecular weight is 228 g/mol. The molecule has 1 heterocycles. The third kappa shape index (κ3) is 1.64. The van der Waals surface area contributed by atoms with E-state index in [-0.39, 0.29) is 6.10 Å². The van der Waals surface area contributed by atoms with E-state index >= 15 is 0 Å². The molecule has 0 bridgehead atoms. The van der Waals surface area contributed by atoms with Gasteiger partial charge in [-0.3, -0.25) is 0 Å². The van der Waals surface area contributed by atoms with Crippen LogP contribution in [0.2, 0.25) is 0 Å². The van der Waals surface area contributed by atoms with Crippen molar-refractivity contribution < 1.29 is 5.11 Å². The summed E-state index contributed by atoms with van der Waals surface area (Å²) in [5.74, 6) is 0. The van der Waals surface area contributed by atoms with Crippen LogP contribution in [0, 0.1) is 0 Å². The standard InChI is InChI=1S/C14H12OS/c15-11-6-5-10-7-8-16-14-4-2-1-3-12(14)13(10)9-11/h1-8,11,15H,9H2. The third-order valence-corrected chi connectivity index (χ3v) is 3.80. The number of aliphatic hydroxyl groups excluding tert-OH is 1. The predicted molar refractivity (Wildman–Crippen MR) is 68.1 cm³/mol. The van der Waals surface area contributed by atoms with Crippen LogP contribution in [-0.4, -0.2) is 11.2 Å². The summed E-state index contributed by atoms with van der Waals surface area (Å²) in [6.07, 6.45) is 6.38. The number of hydrogen-bond donors (Lipinski definition) is 1. The Bertz CT molecular complexity index is 507. The van der Waals surface area contributed by atoms with E-state index in [2.05, 4.69) is 35.7 Å². The molecule has 2 aliphatic rings. The second kappa shape index (κ2) is 3.96. The minimum Gasteiger partial charge on any atom is -0.389 e. The number of rotatable bonds is 0. The number of allylic oxidation sites excluding steroid dienone is 3. The molecule has 0 radical (unpaired) electrons. The molecule has 0 spiro atoms. The largest absolute Gasteiger partial charge is 0.389 e. The molecule has 1 N–H and O–H groups in total. The van der Waals surface area contributed by atoms with Crippen molar-refractivity contribution in [2.24, 2.45) is 0 Å². The normalized spacial score (nSPS) is 22.7. The quantitative estimate of drug-likeness (QED) is 0.734. The first-order chi connectivity index (χ1) is 7.84. The molecule has 2 heteroatoms. The summed E-state index contributed by atoms with van der Waals surface area (Å²) >= 11 is 1.74. The summed E-state index contributed by atoms with van der Waals surface area (Å²) in [5, 5.41) is 11.8. The molecule has 1 aliphatic carbocycles. The molecule has 0 aromatic heterocycles. The first-order valence-corrected chi connectivity index (χ1v) is 6.24. The summed E-state index contributed by atoms with van der Waals surface area (Å²) in [6, 6.07) is 8.38. The lowest BCUT2D eigenvalue weighted by Gasteiger charge is -2.18. The maximum atomic E-state index is 9.71. The van der Waals surface area contributed by atoms with Crippen molar-refractivity contribution >= 4 is 17.3 Å². The van der Waals surface area contributed by atoms with Crippen molar-refractivity contribution in [3.8, 4) is 0 Å². The van der Waals surface area contributed by atoms with Gasteiger partial charge in [0.1, 0.15) is 0 Å². The van der Waals surface area contributed by atoms with Gasteiger partial charge in [0.25, 0.3) is 0 Å². The van der Waals surface area contributed by atoms with Crippen LogP contribution in [0.1, 0.15) is 12.0 Å². The van der Waals surface area contributed by atoms with Gasteiger partial charge < -0.3 is 5.11 Å². The minimum absolute atomic E-state index is 0.344. The zero-order valence-electron chi connectivity index (χ0n) is 8.76. The van der Waals surface area contributed by atoms with Crippen molar-refractivity contribution in [1.82, 2.24) is 0 Å². The van der Waals surface area contributed by atoms with Gasteiger partial charge in [0.15, 0.2) is 0 Å². The Morgan fingerprint density at radius 2 is 2.06 bits per heavy atom. The molecule has 0 amide bonds. The fraction of sp³-hybridized carbons (Fsp3) is 0.143. The van der Waals surface area contributed by atoms with Crippen LogP contribution >= 0.6 is 11.8 Å². The van der Waals surface area contributed by atoms with Crippen molar-refractivity contribution in [2.45, 2.75) is 17.4 Å². The molecule has 80 valence electrons. The van der Waals surface area contributed by atoms with Crippen LogP contribution in [0.25, 0.3) is 5.57 Å². The topological polar surface area (TPSA) is 20.2 Å². The van der Waals surface area contributed by atoms with E-state index in [1.807, 2.05) is 12.2 Å². The van der Waals surface area contributed by atoms with Crippen LogP contribution in [0.3, 0.4) is 0 Å². The minimum atomic E-state index is -0.344. The number of thioether (sulfide) groups is 1. The van der Waals surface area contributed by atoms with Gasteiger partial charge in [-0.05, 0) is 34.3 Å². The number of benzene rings is 1. The van der Waals surface area contributed by atoms with Crippen LogP contribution in [-0.2, 0) is 0 Å². The first-order valence-electron chi connectivity index (χ1n) is 5.36. The predicted octanol–water partition coefficient (Wildman–Crippen LogP) is 3.38. The number of hydrogen-bond acceptors (Lipinski definition) is 2. The Labute approximate surface area is 99.2 Å². The molecule has 0 saturated carbocycles. The molecular weight excluding hydrogens is 216 g/mol. The molecule has 1 aromatic carbocycles. The van der Waals surface area contributed by atoms with E-state index in [9.17, 15) is 5.11 Å². The van der Waals surface area contributed by atoms with Gasteiger partial charge in [-0.25, -0.2) is 0 Å². The zero-order chi connectivity index (χ0) is 11.0. The van der Waals surface area contributed by atoms with E-state index in [0.29, 0.717) is 6.42 Å². The van der Waals surface area contributed by atoms with Crippen LogP contribution in [0.4, 0.5) is 0 Å². The van der Waals surface area contributed by atoms with E-state index in [4.69, 9.17) is 0 Å². The van der Waals surface area contributed by atoms with E-state index < -0.39 is 0 Å². The van der Waals surface area contributed by atoms with E-state index in [0.717, 1.165) is 0 Å². The average Bonchev–Trinajstić information content (AvgIpc) is 2.48. The highest BCUT2D eigenvalue weighted by Gasteiger charge is 2.18. The summed E-state index contributed by atoms with van der Waals surface area (Å²) in [4.78, 5) is 1.27. The van der Waals surface area contributed by atoms with Crippen molar-refractivity contribution in [1.29, 1.82) is 0 Å². The molecule has 3 rings (SSSR count). The van der Waals surface area contributed by atoms with Gasteiger partial charge in [0.05, 0.1) is 6.10 Å². The Morgan fingerprint density at radius 1 is 1.19 bits per heavy atom. The Kier molecular flexibility index (Phi) is 2.46. The SMILES string of the molecule is OC1C=CC2=C(C1)c1ccccc1SC=C2. The maximum absolute atomic E-state index is 9.71. The fourth-order valence-corrected chi connectivity index (χ4v) is 2.97.